The van der Waals surface area contributed by atoms with E-state index >= 15 is 0 Å². The van der Waals surface area contributed by atoms with Gasteiger partial charge in [0.05, 0.1) is 6.10 Å². The van der Waals surface area contributed by atoms with Crippen LogP contribution in [-0.4, -0.2) is 28.1 Å². The molecule has 0 aromatic rings. The second kappa shape index (κ2) is 17.5. The van der Waals surface area contributed by atoms with Crippen LogP contribution in [0, 0.1) is 11.3 Å². The van der Waals surface area contributed by atoms with Gasteiger partial charge in [-0.1, -0.05) is 90.7 Å². The molecule has 0 aliphatic carbocycles. The summed E-state index contributed by atoms with van der Waals surface area (Å²) in [7, 11) is 0. The Bertz CT molecular complexity index is 457. The van der Waals surface area contributed by atoms with Gasteiger partial charge in [0.2, 0.25) is 0 Å². The van der Waals surface area contributed by atoms with Crippen LogP contribution in [0.4, 0.5) is 0 Å². The molecule has 0 heterocycles. The topological polar surface area (TPSA) is 74.6 Å². The van der Waals surface area contributed by atoms with Crippen molar-refractivity contribution in [1.29, 1.82) is 0 Å². The Morgan fingerprint density at radius 3 is 1.97 bits per heavy atom. The molecule has 0 fully saturated rings. The molecule has 0 bridgehead atoms. The van der Waals surface area contributed by atoms with E-state index in [0.717, 1.165) is 51.4 Å². The van der Waals surface area contributed by atoms with E-state index < -0.39 is 11.9 Å². The lowest BCUT2D eigenvalue weighted by atomic mass is 9.75. The molecular weight excluding hydrogens is 376 g/mol. The summed E-state index contributed by atoms with van der Waals surface area (Å²) < 4.78 is 0. The summed E-state index contributed by atoms with van der Waals surface area (Å²) in [5.74, 6) is -2.08. The Hall–Kier alpha value is -1.16. The van der Waals surface area contributed by atoms with Crippen molar-refractivity contribution in [3.63, 3.8) is 0 Å². The molecule has 0 radical (unpaired) electrons. The molecule has 0 aromatic heterocycles. The van der Waals surface area contributed by atoms with E-state index in [2.05, 4.69) is 32.9 Å². The quantitative estimate of drug-likeness (QED) is 0.124. The maximum absolute atomic E-state index is 11.2. The second-order valence-corrected chi connectivity index (χ2v) is 9.01. The number of carboxylic acids is 1. The molecule has 2 N–H and O–H groups in total. The lowest BCUT2D eigenvalue weighted by Gasteiger charge is -2.30. The van der Waals surface area contributed by atoms with Crippen LogP contribution in [-0.2, 0) is 9.59 Å². The van der Waals surface area contributed by atoms with Gasteiger partial charge in [-0.15, -0.1) is 0 Å². The Morgan fingerprint density at radius 2 is 1.40 bits per heavy atom. The Labute approximate surface area is 185 Å². The van der Waals surface area contributed by atoms with E-state index in [9.17, 15) is 14.7 Å². The minimum atomic E-state index is -1.00. The monoisotopic (exact) mass is 424 g/mol. The van der Waals surface area contributed by atoms with Crippen LogP contribution in [0.25, 0.3) is 0 Å². The molecule has 0 aromatic carbocycles. The number of rotatable bonds is 20. The number of aliphatic carboxylic acids is 1. The molecule has 176 valence electrons. The molecule has 2 atom stereocenters. The number of Topliss-reactive ketones (excluding diaryl/α,β-unsaturated/α-hetero) is 1. The zero-order valence-electron chi connectivity index (χ0n) is 20.1. The number of ketones is 1. The number of aliphatic hydroxyl groups excluding tert-OH is 1. The summed E-state index contributed by atoms with van der Waals surface area (Å²) in [6.45, 7) is 8.29. The number of allylic oxidation sites excluding steroid dienone is 1. The van der Waals surface area contributed by atoms with Crippen molar-refractivity contribution >= 4 is 11.8 Å². The highest BCUT2D eigenvalue weighted by atomic mass is 16.4. The molecule has 0 aliphatic heterocycles. The summed E-state index contributed by atoms with van der Waals surface area (Å²) in [4.78, 5) is 22.2. The first-order valence-corrected chi connectivity index (χ1v) is 12.4. The van der Waals surface area contributed by atoms with Gasteiger partial charge in [0.25, 0.3) is 0 Å². The fourth-order valence-electron chi connectivity index (χ4n) is 4.29. The largest absolute Gasteiger partial charge is 0.481 e. The number of hydrogen-bond acceptors (Lipinski definition) is 3. The van der Waals surface area contributed by atoms with Crippen LogP contribution in [0.5, 0.6) is 0 Å². The van der Waals surface area contributed by atoms with Crippen molar-refractivity contribution in [3.05, 3.63) is 12.2 Å². The predicted molar refractivity (Wildman–Crippen MR) is 126 cm³/mol. The minimum absolute atomic E-state index is 0.228. The number of carbonyl (C=O) groups is 2. The Morgan fingerprint density at radius 1 is 0.833 bits per heavy atom. The summed E-state index contributed by atoms with van der Waals surface area (Å²) in [6, 6.07) is 0. The highest BCUT2D eigenvalue weighted by Gasteiger charge is 2.23. The molecular formula is C26H48O4. The molecule has 30 heavy (non-hydrogen) atoms. The maximum atomic E-state index is 11.2. The van der Waals surface area contributed by atoms with Gasteiger partial charge in [-0.25, -0.2) is 0 Å². The first-order chi connectivity index (χ1) is 14.3. The zero-order chi connectivity index (χ0) is 22.8. The highest BCUT2D eigenvalue weighted by Crippen LogP contribution is 2.36. The summed E-state index contributed by atoms with van der Waals surface area (Å²) >= 11 is 0. The highest BCUT2D eigenvalue weighted by molar-refractivity contribution is 5.96. The van der Waals surface area contributed by atoms with Crippen LogP contribution in [0.2, 0.25) is 0 Å². The van der Waals surface area contributed by atoms with E-state index in [4.69, 9.17) is 5.11 Å². The van der Waals surface area contributed by atoms with Gasteiger partial charge in [0.15, 0.2) is 0 Å². The summed E-state index contributed by atoms with van der Waals surface area (Å²) in [6.07, 6.45) is 19.7. The van der Waals surface area contributed by atoms with Gasteiger partial charge >= 0.3 is 5.97 Å². The number of carbonyl (C=O) groups excluding carboxylic acids is 1. The Balaban J connectivity index is 3.68. The number of carboxylic acid groups (broad SMARTS) is 1. The van der Waals surface area contributed by atoms with Crippen molar-refractivity contribution < 1.29 is 19.8 Å². The Kier molecular flexibility index (Phi) is 16.8. The minimum Gasteiger partial charge on any atom is -0.481 e. The van der Waals surface area contributed by atoms with Crippen LogP contribution in [0.1, 0.15) is 124 Å². The molecule has 4 heteroatoms. The first kappa shape index (κ1) is 28.8. The fraction of sp³-hybridized carbons (Fsp3) is 0.846. The molecule has 0 rings (SSSR count). The number of aliphatic hydroxyl groups is 1. The van der Waals surface area contributed by atoms with Gasteiger partial charge in [0.1, 0.15) is 11.7 Å². The number of unbranched alkanes of at least 4 members (excludes halogenated alkanes) is 6. The van der Waals surface area contributed by atoms with Crippen LogP contribution < -0.4 is 0 Å². The van der Waals surface area contributed by atoms with E-state index in [1.165, 1.54) is 45.4 Å². The normalized spacial score (nSPS) is 14.2. The standard InChI is InChI=1S/C26H48O4/c1-5-26(6-2,7-3)21-17-13-15-19-23(28)18-14-11-9-8-10-12-16-20-24(22(4)27)25(29)30/h11,14,23-24,28H,5-10,12-13,15-21H2,1-4H3,(H,29,30)/b14-11-/t23-,24?/m0/s1. The third kappa shape index (κ3) is 13.2. The van der Waals surface area contributed by atoms with Crippen LogP contribution in [0.3, 0.4) is 0 Å². The summed E-state index contributed by atoms with van der Waals surface area (Å²) in [5.41, 5.74) is 0.534. The van der Waals surface area contributed by atoms with Gasteiger partial charge in [-0.3, -0.25) is 9.59 Å². The maximum Gasteiger partial charge on any atom is 0.314 e. The van der Waals surface area contributed by atoms with Crippen molar-refractivity contribution in [3.8, 4) is 0 Å². The zero-order valence-corrected chi connectivity index (χ0v) is 20.1. The number of hydrogen-bond donors (Lipinski definition) is 2. The van der Waals surface area contributed by atoms with Crippen LogP contribution in [0.15, 0.2) is 12.2 Å². The molecule has 1 unspecified atom stereocenters. The predicted octanol–water partition coefficient (Wildman–Crippen LogP) is 7.09. The lowest BCUT2D eigenvalue weighted by Crippen LogP contribution is -2.21. The van der Waals surface area contributed by atoms with E-state index in [0.29, 0.717) is 11.8 Å². The summed E-state index contributed by atoms with van der Waals surface area (Å²) in [5, 5.41) is 19.1. The first-order valence-electron chi connectivity index (χ1n) is 12.4. The third-order valence-electron chi connectivity index (χ3n) is 6.97. The SMILES string of the molecule is CCC(CC)(CC)CCCCC[C@@H](O)C/C=C\CCCCCCC(C(C)=O)C(=O)O. The van der Waals surface area contributed by atoms with Gasteiger partial charge in [0, 0.05) is 0 Å². The molecule has 0 saturated carbocycles. The van der Waals surface area contributed by atoms with Crippen molar-refractivity contribution in [2.24, 2.45) is 11.3 Å². The van der Waals surface area contributed by atoms with Gasteiger partial charge in [-0.05, 0) is 50.9 Å². The fourth-order valence-corrected chi connectivity index (χ4v) is 4.29. The lowest BCUT2D eigenvalue weighted by molar-refractivity contribution is -0.146. The molecule has 0 saturated heterocycles. The van der Waals surface area contributed by atoms with Crippen LogP contribution >= 0.6 is 0 Å². The second-order valence-electron chi connectivity index (χ2n) is 9.01. The average molecular weight is 425 g/mol. The molecule has 0 spiro atoms. The van der Waals surface area contributed by atoms with Gasteiger partial charge in [-0.2, -0.15) is 0 Å². The molecule has 4 nitrogen and oxygen atoms in total. The van der Waals surface area contributed by atoms with Gasteiger partial charge < -0.3 is 10.2 Å². The van der Waals surface area contributed by atoms with E-state index in [-0.39, 0.29) is 11.9 Å². The molecule has 0 amide bonds. The van der Waals surface area contributed by atoms with Crippen molar-refractivity contribution in [2.75, 3.05) is 0 Å². The molecule has 0 aliphatic rings. The van der Waals surface area contributed by atoms with E-state index in [1.54, 1.807) is 0 Å². The van der Waals surface area contributed by atoms with Crippen molar-refractivity contribution in [1.82, 2.24) is 0 Å². The van der Waals surface area contributed by atoms with Crippen molar-refractivity contribution in [2.45, 2.75) is 130 Å². The smallest absolute Gasteiger partial charge is 0.314 e. The third-order valence-corrected chi connectivity index (χ3v) is 6.97. The average Bonchev–Trinajstić information content (AvgIpc) is 2.72. The van der Waals surface area contributed by atoms with E-state index in [1.807, 2.05) is 0 Å².